The van der Waals surface area contributed by atoms with Gasteiger partial charge in [0.05, 0.1) is 6.54 Å². The predicted molar refractivity (Wildman–Crippen MR) is 139 cm³/mol. The van der Waals surface area contributed by atoms with E-state index in [1.807, 2.05) is 11.0 Å². The van der Waals surface area contributed by atoms with E-state index in [2.05, 4.69) is 36.9 Å². The molecule has 4 heterocycles. The number of nitrogens with one attached hydrogen (secondary N) is 1. The maximum absolute atomic E-state index is 12.6. The molecule has 1 N–H and O–H groups in total. The number of anilines is 1. The molecule has 0 radical (unpaired) electrons. The molecule has 1 aromatic rings. The van der Waals surface area contributed by atoms with Crippen LogP contribution >= 0.6 is 24.0 Å². The molecule has 0 aliphatic carbocycles. The Labute approximate surface area is 213 Å². The van der Waals surface area contributed by atoms with Gasteiger partial charge in [0, 0.05) is 84.4 Å². The van der Waals surface area contributed by atoms with Gasteiger partial charge in [-0.05, 0) is 25.8 Å². The van der Waals surface area contributed by atoms with E-state index < -0.39 is 0 Å². The quantitative estimate of drug-likeness (QED) is 0.300. The number of hydrogen-bond acceptors (Lipinski definition) is 7. The lowest BCUT2D eigenvalue weighted by Crippen LogP contribution is -2.55. The van der Waals surface area contributed by atoms with Gasteiger partial charge in [0.15, 0.2) is 5.96 Å². The normalized spacial score (nSPS) is 22.3. The van der Waals surface area contributed by atoms with Gasteiger partial charge in [-0.25, -0.2) is 9.97 Å². The van der Waals surface area contributed by atoms with Crippen LogP contribution in [-0.2, 0) is 9.53 Å². The molecular formula is C22H37IN8O2. The number of rotatable bonds is 6. The lowest BCUT2D eigenvalue weighted by atomic mass is 10.2. The third kappa shape index (κ3) is 7.12. The molecule has 1 aromatic heterocycles. The van der Waals surface area contributed by atoms with Crippen molar-refractivity contribution < 1.29 is 9.53 Å². The highest BCUT2D eigenvalue weighted by atomic mass is 127. The molecule has 1 atom stereocenters. The maximum atomic E-state index is 12.6. The second-order valence-electron chi connectivity index (χ2n) is 8.43. The molecule has 3 aliphatic rings. The van der Waals surface area contributed by atoms with Gasteiger partial charge in [-0.3, -0.25) is 14.7 Å². The third-order valence-corrected chi connectivity index (χ3v) is 6.32. The van der Waals surface area contributed by atoms with Crippen molar-refractivity contribution in [3.05, 3.63) is 18.5 Å². The SMILES string of the molecule is CCNC(=NCCN1CCN(c2ncccn2)CC1)N1CCN(C(=O)C2CCCO2)CC1.I. The molecule has 3 fully saturated rings. The van der Waals surface area contributed by atoms with Gasteiger partial charge in [-0.15, -0.1) is 24.0 Å². The number of aromatic nitrogens is 2. The Kier molecular flexibility index (Phi) is 10.4. The standard InChI is InChI=1S/C22H36N8O2.HI/c1-2-23-21(30-16-14-28(15-17-30)20(31)19-5-3-18-32-19)26-8-9-27-10-12-29(13-11-27)22-24-6-4-7-25-22;/h4,6-7,19H,2-3,5,8-18H2,1H3,(H,23,26);1H. The number of guanidine groups is 1. The van der Waals surface area contributed by atoms with E-state index in [0.29, 0.717) is 6.61 Å². The van der Waals surface area contributed by atoms with Gasteiger partial charge in [0.1, 0.15) is 6.10 Å². The fourth-order valence-corrected chi connectivity index (χ4v) is 4.46. The smallest absolute Gasteiger partial charge is 0.251 e. The first-order valence-electron chi connectivity index (χ1n) is 11.9. The van der Waals surface area contributed by atoms with Crippen LogP contribution in [0.4, 0.5) is 5.95 Å². The van der Waals surface area contributed by atoms with Crippen LogP contribution < -0.4 is 10.2 Å². The summed E-state index contributed by atoms with van der Waals surface area (Å²) in [5, 5.41) is 3.42. The van der Waals surface area contributed by atoms with Crippen molar-refractivity contribution in [3.63, 3.8) is 0 Å². The Morgan fingerprint density at radius 3 is 2.42 bits per heavy atom. The zero-order chi connectivity index (χ0) is 22.2. The Morgan fingerprint density at radius 2 is 1.79 bits per heavy atom. The molecule has 10 nitrogen and oxygen atoms in total. The Hall–Kier alpha value is -1.73. The van der Waals surface area contributed by atoms with Gasteiger partial charge in [0.2, 0.25) is 5.95 Å². The number of nitrogens with zero attached hydrogens (tertiary/aromatic N) is 7. The zero-order valence-electron chi connectivity index (χ0n) is 19.6. The third-order valence-electron chi connectivity index (χ3n) is 6.32. The highest BCUT2D eigenvalue weighted by molar-refractivity contribution is 14.0. The molecule has 3 saturated heterocycles. The number of aliphatic imine (C=N–C) groups is 1. The number of hydrogen-bond donors (Lipinski definition) is 1. The van der Waals surface area contributed by atoms with Gasteiger partial charge >= 0.3 is 0 Å². The average molecular weight is 572 g/mol. The number of carbonyl (C=O) groups excluding carboxylic acids is 1. The van der Waals surface area contributed by atoms with E-state index in [1.54, 1.807) is 12.4 Å². The highest BCUT2D eigenvalue weighted by Gasteiger charge is 2.31. The number of ether oxygens (including phenoxy) is 1. The highest BCUT2D eigenvalue weighted by Crippen LogP contribution is 2.16. The van der Waals surface area contributed by atoms with Crippen molar-refractivity contribution in [1.82, 2.24) is 30.0 Å². The minimum atomic E-state index is -0.225. The largest absolute Gasteiger partial charge is 0.368 e. The molecule has 0 aromatic carbocycles. The topological polar surface area (TPSA) is 89.4 Å². The molecule has 1 unspecified atom stereocenters. The van der Waals surface area contributed by atoms with Gasteiger partial charge in [-0.1, -0.05) is 0 Å². The van der Waals surface area contributed by atoms with E-state index in [1.165, 1.54) is 0 Å². The van der Waals surface area contributed by atoms with Crippen molar-refractivity contribution in [2.45, 2.75) is 25.9 Å². The molecule has 11 heteroatoms. The number of amides is 1. The van der Waals surface area contributed by atoms with E-state index in [9.17, 15) is 4.79 Å². The second kappa shape index (κ2) is 13.2. The van der Waals surface area contributed by atoms with Gasteiger partial charge < -0.3 is 24.8 Å². The molecule has 1 amide bonds. The summed E-state index contributed by atoms with van der Waals surface area (Å²) in [5.74, 6) is 1.92. The summed E-state index contributed by atoms with van der Waals surface area (Å²) < 4.78 is 5.57. The summed E-state index contributed by atoms with van der Waals surface area (Å²) >= 11 is 0. The maximum Gasteiger partial charge on any atom is 0.251 e. The minimum absolute atomic E-state index is 0. The van der Waals surface area contributed by atoms with E-state index in [0.717, 1.165) is 96.7 Å². The summed E-state index contributed by atoms with van der Waals surface area (Å²) in [4.78, 5) is 35.1. The van der Waals surface area contributed by atoms with E-state index in [-0.39, 0.29) is 36.0 Å². The summed E-state index contributed by atoms with van der Waals surface area (Å²) in [5.41, 5.74) is 0. The second-order valence-corrected chi connectivity index (χ2v) is 8.43. The van der Waals surface area contributed by atoms with Crippen molar-refractivity contribution in [2.24, 2.45) is 4.99 Å². The lowest BCUT2D eigenvalue weighted by Gasteiger charge is -2.37. The molecule has 184 valence electrons. The van der Waals surface area contributed by atoms with Crippen LogP contribution in [-0.4, -0.2) is 121 Å². The number of carbonyl (C=O) groups is 1. The molecule has 0 saturated carbocycles. The fourth-order valence-electron chi connectivity index (χ4n) is 4.46. The van der Waals surface area contributed by atoms with Crippen LogP contribution in [0.5, 0.6) is 0 Å². The van der Waals surface area contributed by atoms with Crippen LogP contribution in [0.3, 0.4) is 0 Å². The summed E-state index contributed by atoms with van der Waals surface area (Å²) in [6.45, 7) is 12.3. The Balaban J connectivity index is 0.00000306. The van der Waals surface area contributed by atoms with E-state index >= 15 is 0 Å². The average Bonchev–Trinajstić information content (AvgIpc) is 3.39. The first-order chi connectivity index (χ1) is 15.7. The molecular weight excluding hydrogens is 535 g/mol. The summed E-state index contributed by atoms with van der Waals surface area (Å²) in [6, 6.07) is 1.85. The first kappa shape index (κ1) is 25.9. The number of halogens is 1. The van der Waals surface area contributed by atoms with Crippen molar-refractivity contribution in [1.29, 1.82) is 0 Å². The molecule has 0 spiro atoms. The fraction of sp³-hybridized carbons (Fsp3) is 0.727. The summed E-state index contributed by atoms with van der Waals surface area (Å²) in [6.07, 6.45) is 5.21. The zero-order valence-corrected chi connectivity index (χ0v) is 21.9. The van der Waals surface area contributed by atoms with E-state index in [4.69, 9.17) is 9.73 Å². The van der Waals surface area contributed by atoms with Crippen LogP contribution in [0.15, 0.2) is 23.5 Å². The van der Waals surface area contributed by atoms with Crippen LogP contribution in [0.1, 0.15) is 19.8 Å². The molecule has 4 rings (SSSR count). The van der Waals surface area contributed by atoms with Crippen molar-refractivity contribution in [3.8, 4) is 0 Å². The minimum Gasteiger partial charge on any atom is -0.368 e. The summed E-state index contributed by atoms with van der Waals surface area (Å²) in [7, 11) is 0. The molecule has 3 aliphatic heterocycles. The Bertz CT molecular complexity index is 746. The van der Waals surface area contributed by atoms with Crippen molar-refractivity contribution >= 4 is 41.8 Å². The van der Waals surface area contributed by atoms with Gasteiger partial charge in [0.25, 0.3) is 5.91 Å². The van der Waals surface area contributed by atoms with Crippen LogP contribution in [0.2, 0.25) is 0 Å². The number of piperazine rings is 2. The Morgan fingerprint density at radius 1 is 1.09 bits per heavy atom. The van der Waals surface area contributed by atoms with Crippen molar-refractivity contribution in [2.75, 3.05) is 83.5 Å². The monoisotopic (exact) mass is 572 g/mol. The van der Waals surface area contributed by atoms with Gasteiger partial charge in [-0.2, -0.15) is 0 Å². The lowest BCUT2D eigenvalue weighted by molar-refractivity contribution is -0.142. The predicted octanol–water partition coefficient (Wildman–Crippen LogP) is 0.505. The first-order valence-corrected chi connectivity index (χ1v) is 11.9. The molecule has 0 bridgehead atoms. The van der Waals surface area contributed by atoms with Crippen LogP contribution in [0, 0.1) is 0 Å². The molecule has 33 heavy (non-hydrogen) atoms. The van der Waals surface area contributed by atoms with Crippen LogP contribution in [0.25, 0.3) is 0 Å².